The van der Waals surface area contributed by atoms with Crippen molar-refractivity contribution in [2.45, 2.75) is 19.9 Å². The first-order valence-electron chi connectivity index (χ1n) is 6.96. The average molecular weight is 303 g/mol. The van der Waals surface area contributed by atoms with E-state index in [1.54, 1.807) is 6.92 Å². The molecule has 1 aliphatic rings. The fourth-order valence-corrected chi connectivity index (χ4v) is 1.99. The van der Waals surface area contributed by atoms with Crippen molar-refractivity contribution in [3.05, 3.63) is 29.9 Å². The molecule has 0 aliphatic carbocycles. The van der Waals surface area contributed by atoms with Crippen LogP contribution in [0.4, 0.5) is 5.69 Å². The van der Waals surface area contributed by atoms with Gasteiger partial charge in [0.2, 0.25) is 5.89 Å². The Kier molecular flexibility index (Phi) is 4.08. The van der Waals surface area contributed by atoms with Crippen LogP contribution >= 0.6 is 0 Å². The highest BCUT2D eigenvalue weighted by Crippen LogP contribution is 2.32. The summed E-state index contributed by atoms with van der Waals surface area (Å²) < 4.78 is 16.1. The number of nitrogens with zero attached hydrogens (tertiary/aromatic N) is 3. The van der Waals surface area contributed by atoms with Crippen molar-refractivity contribution in [3.63, 3.8) is 0 Å². The van der Waals surface area contributed by atoms with E-state index in [1.807, 2.05) is 18.2 Å². The van der Waals surface area contributed by atoms with Crippen molar-refractivity contribution in [3.8, 4) is 11.5 Å². The predicted molar refractivity (Wildman–Crippen MR) is 80.0 cm³/mol. The molecule has 0 spiro atoms. The number of hydrogen-bond donors (Lipinski definition) is 2. The average Bonchev–Trinajstić information content (AvgIpc) is 2.78. The second-order valence-corrected chi connectivity index (χ2v) is 4.77. The van der Waals surface area contributed by atoms with Crippen molar-refractivity contribution in [1.29, 1.82) is 0 Å². The molecule has 1 aliphatic heterocycles. The second kappa shape index (κ2) is 6.33. The number of nitrogens with two attached hydrogens (primary N) is 1. The summed E-state index contributed by atoms with van der Waals surface area (Å²) >= 11 is 0. The van der Waals surface area contributed by atoms with E-state index in [-0.39, 0.29) is 12.5 Å². The number of aromatic nitrogens is 2. The van der Waals surface area contributed by atoms with E-state index < -0.39 is 0 Å². The third-order valence-electron chi connectivity index (χ3n) is 2.98. The summed E-state index contributed by atoms with van der Waals surface area (Å²) in [5.74, 6) is 2.68. The quantitative estimate of drug-likeness (QED) is 0.653. The van der Waals surface area contributed by atoms with Gasteiger partial charge in [-0.15, -0.1) is 0 Å². The van der Waals surface area contributed by atoms with Gasteiger partial charge < -0.3 is 25.0 Å². The molecular weight excluding hydrogens is 286 g/mol. The highest BCUT2D eigenvalue weighted by molar-refractivity contribution is 5.92. The largest absolute Gasteiger partial charge is 0.490 e. The van der Waals surface area contributed by atoms with Crippen LogP contribution in [0, 0.1) is 6.92 Å². The molecule has 22 heavy (non-hydrogen) atoms. The van der Waals surface area contributed by atoms with Crippen LogP contribution in [-0.2, 0) is 6.54 Å². The maximum atomic E-state index is 5.85. The van der Waals surface area contributed by atoms with Crippen LogP contribution in [0.2, 0.25) is 0 Å². The molecule has 116 valence electrons. The molecular formula is C14H17N5O3. The Balaban J connectivity index is 1.65. The Hall–Kier alpha value is -2.77. The van der Waals surface area contributed by atoms with Crippen molar-refractivity contribution in [2.75, 3.05) is 18.5 Å². The molecule has 0 bridgehead atoms. The Morgan fingerprint density at radius 1 is 1.32 bits per heavy atom. The van der Waals surface area contributed by atoms with Crippen LogP contribution < -0.4 is 20.5 Å². The van der Waals surface area contributed by atoms with Crippen LogP contribution in [-0.4, -0.2) is 29.3 Å². The standard InChI is InChI=1S/C14H17N5O3/c1-9-17-13(19-22-9)8-16-14(15)18-10-3-4-11-12(7-10)21-6-2-5-20-11/h3-4,7H,2,5-6,8H2,1H3,(H3,15,16,18). The zero-order chi connectivity index (χ0) is 15.4. The van der Waals surface area contributed by atoms with Gasteiger partial charge in [0.1, 0.15) is 6.54 Å². The number of guanidine groups is 1. The monoisotopic (exact) mass is 303 g/mol. The zero-order valence-electron chi connectivity index (χ0n) is 12.2. The molecule has 3 N–H and O–H groups in total. The van der Waals surface area contributed by atoms with E-state index in [4.69, 9.17) is 19.7 Å². The number of aliphatic imine (C=N–C) groups is 1. The molecule has 8 nitrogen and oxygen atoms in total. The molecule has 1 aromatic heterocycles. The minimum atomic E-state index is 0.251. The molecule has 0 amide bonds. The Morgan fingerprint density at radius 3 is 2.91 bits per heavy atom. The lowest BCUT2D eigenvalue weighted by atomic mass is 10.3. The third-order valence-corrected chi connectivity index (χ3v) is 2.98. The number of aryl methyl sites for hydroxylation is 1. The highest BCUT2D eigenvalue weighted by Gasteiger charge is 2.11. The number of fused-ring (bicyclic) bond motifs is 1. The topological polar surface area (TPSA) is 108 Å². The smallest absolute Gasteiger partial charge is 0.223 e. The van der Waals surface area contributed by atoms with Crippen LogP contribution in [0.15, 0.2) is 27.7 Å². The van der Waals surface area contributed by atoms with Gasteiger partial charge in [0.05, 0.1) is 13.2 Å². The zero-order valence-corrected chi connectivity index (χ0v) is 12.2. The SMILES string of the molecule is Cc1nc(CN=C(N)Nc2ccc3c(c2)OCCCO3)no1. The molecule has 0 fully saturated rings. The van der Waals surface area contributed by atoms with Gasteiger partial charge in [-0.25, -0.2) is 4.99 Å². The summed E-state index contributed by atoms with van der Waals surface area (Å²) in [6.45, 7) is 3.27. The molecule has 1 aromatic carbocycles. The van der Waals surface area contributed by atoms with E-state index in [0.717, 1.165) is 17.9 Å². The summed E-state index contributed by atoms with van der Waals surface area (Å²) in [4.78, 5) is 8.21. The molecule has 0 atom stereocenters. The number of benzene rings is 1. The third kappa shape index (κ3) is 3.46. The van der Waals surface area contributed by atoms with E-state index in [9.17, 15) is 0 Å². The van der Waals surface area contributed by atoms with Gasteiger partial charge in [-0.05, 0) is 12.1 Å². The maximum Gasteiger partial charge on any atom is 0.223 e. The maximum absolute atomic E-state index is 5.85. The van der Waals surface area contributed by atoms with Crippen LogP contribution in [0.25, 0.3) is 0 Å². The molecule has 2 heterocycles. The summed E-state index contributed by atoms with van der Waals surface area (Å²) in [6, 6.07) is 5.54. The molecule has 3 rings (SSSR count). The van der Waals surface area contributed by atoms with Crippen LogP contribution in [0.1, 0.15) is 18.1 Å². The first kappa shape index (κ1) is 14.2. The lowest BCUT2D eigenvalue weighted by Crippen LogP contribution is -2.22. The van der Waals surface area contributed by atoms with Gasteiger partial charge in [-0.1, -0.05) is 5.16 Å². The van der Waals surface area contributed by atoms with Gasteiger partial charge in [0, 0.05) is 25.1 Å². The van der Waals surface area contributed by atoms with Gasteiger partial charge in [0.15, 0.2) is 23.3 Å². The molecule has 0 saturated heterocycles. The van der Waals surface area contributed by atoms with E-state index in [2.05, 4.69) is 20.4 Å². The van der Waals surface area contributed by atoms with E-state index in [1.165, 1.54) is 0 Å². The minimum Gasteiger partial charge on any atom is -0.490 e. The lowest BCUT2D eigenvalue weighted by Gasteiger charge is -2.10. The van der Waals surface area contributed by atoms with Crippen molar-refractivity contribution >= 4 is 11.6 Å². The fourth-order valence-electron chi connectivity index (χ4n) is 1.99. The first-order chi connectivity index (χ1) is 10.7. The van der Waals surface area contributed by atoms with Crippen LogP contribution in [0.3, 0.4) is 0 Å². The molecule has 2 aromatic rings. The van der Waals surface area contributed by atoms with Gasteiger partial charge in [0.25, 0.3) is 0 Å². The summed E-state index contributed by atoms with van der Waals surface area (Å²) in [7, 11) is 0. The molecule has 8 heteroatoms. The van der Waals surface area contributed by atoms with Crippen molar-refractivity contribution in [1.82, 2.24) is 10.1 Å². The van der Waals surface area contributed by atoms with E-state index >= 15 is 0 Å². The van der Waals surface area contributed by atoms with Crippen LogP contribution in [0.5, 0.6) is 11.5 Å². The first-order valence-corrected chi connectivity index (χ1v) is 6.96. The summed E-state index contributed by atoms with van der Waals surface area (Å²) in [5, 5.41) is 6.75. The molecule has 0 radical (unpaired) electrons. The van der Waals surface area contributed by atoms with E-state index in [0.29, 0.717) is 30.7 Å². The highest BCUT2D eigenvalue weighted by atomic mass is 16.5. The number of nitrogens with one attached hydrogen (secondary N) is 1. The molecule has 0 saturated carbocycles. The lowest BCUT2D eigenvalue weighted by molar-refractivity contribution is 0.297. The summed E-state index contributed by atoms with van der Waals surface area (Å²) in [6.07, 6.45) is 0.866. The van der Waals surface area contributed by atoms with Gasteiger partial charge in [-0.3, -0.25) is 0 Å². The fraction of sp³-hybridized carbons (Fsp3) is 0.357. The summed E-state index contributed by atoms with van der Waals surface area (Å²) in [5.41, 5.74) is 6.62. The van der Waals surface area contributed by atoms with Crippen molar-refractivity contribution < 1.29 is 14.0 Å². The number of anilines is 1. The second-order valence-electron chi connectivity index (χ2n) is 4.77. The van der Waals surface area contributed by atoms with Gasteiger partial charge >= 0.3 is 0 Å². The predicted octanol–water partition coefficient (Wildman–Crippen LogP) is 1.47. The van der Waals surface area contributed by atoms with Crippen molar-refractivity contribution in [2.24, 2.45) is 10.7 Å². The number of rotatable bonds is 3. The Morgan fingerprint density at radius 2 is 2.14 bits per heavy atom. The number of hydrogen-bond acceptors (Lipinski definition) is 6. The Bertz CT molecular complexity index is 683. The van der Waals surface area contributed by atoms with Gasteiger partial charge in [-0.2, -0.15) is 4.98 Å². The normalized spacial score (nSPS) is 14.5. The number of ether oxygens (including phenoxy) is 2. The minimum absolute atomic E-state index is 0.251. The Labute approximate surface area is 127 Å². The molecule has 0 unspecified atom stereocenters.